The molecule has 0 aliphatic heterocycles. The number of thioether (sulfide) groups is 1. The summed E-state index contributed by atoms with van der Waals surface area (Å²) in [6.07, 6.45) is 8.96. The number of amides is 2. The number of carbonyl (C=O) groups excluding carboxylic acids is 1. The van der Waals surface area contributed by atoms with Gasteiger partial charge in [0.15, 0.2) is 0 Å². The van der Waals surface area contributed by atoms with Gasteiger partial charge < -0.3 is 4.90 Å². The lowest BCUT2D eigenvalue weighted by atomic mass is 10.3. The van der Waals surface area contributed by atoms with Crippen LogP contribution in [0.4, 0.5) is 10.6 Å². The molecule has 2 amide bonds. The van der Waals surface area contributed by atoms with Crippen LogP contribution in [-0.4, -0.2) is 50.7 Å². The summed E-state index contributed by atoms with van der Waals surface area (Å²) in [7, 11) is 1.72. The Morgan fingerprint density at radius 2 is 2.19 bits per heavy atom. The number of nitrogens with zero attached hydrogens (tertiary/aromatic N) is 5. The summed E-state index contributed by atoms with van der Waals surface area (Å²) in [6, 6.07) is 1.52. The second-order valence-corrected chi connectivity index (χ2v) is 5.07. The van der Waals surface area contributed by atoms with E-state index in [4.69, 9.17) is 0 Å². The van der Waals surface area contributed by atoms with Crippen LogP contribution in [-0.2, 0) is 6.42 Å². The van der Waals surface area contributed by atoms with Gasteiger partial charge >= 0.3 is 6.03 Å². The SMILES string of the molecule is CSc1cc(NC(=O)N(C)CCc2cnccn2)ncn1. The van der Waals surface area contributed by atoms with Crippen molar-refractivity contribution in [2.75, 3.05) is 25.2 Å². The van der Waals surface area contributed by atoms with Crippen molar-refractivity contribution in [1.82, 2.24) is 24.8 Å². The molecule has 0 spiro atoms. The molecule has 0 atom stereocenters. The van der Waals surface area contributed by atoms with Crippen LogP contribution in [0, 0.1) is 0 Å². The zero-order valence-corrected chi connectivity index (χ0v) is 12.7. The van der Waals surface area contributed by atoms with Crippen molar-refractivity contribution >= 4 is 23.6 Å². The average molecular weight is 304 g/mol. The van der Waals surface area contributed by atoms with E-state index in [0.717, 1.165) is 10.7 Å². The van der Waals surface area contributed by atoms with E-state index in [1.54, 1.807) is 36.6 Å². The summed E-state index contributed by atoms with van der Waals surface area (Å²) in [5.74, 6) is 0.491. The lowest BCUT2D eigenvalue weighted by molar-refractivity contribution is 0.223. The number of hydrogen-bond acceptors (Lipinski definition) is 6. The highest BCUT2D eigenvalue weighted by Gasteiger charge is 2.10. The fourth-order valence-electron chi connectivity index (χ4n) is 1.57. The van der Waals surface area contributed by atoms with Gasteiger partial charge in [-0.15, -0.1) is 11.8 Å². The van der Waals surface area contributed by atoms with Crippen molar-refractivity contribution in [2.24, 2.45) is 0 Å². The van der Waals surface area contributed by atoms with Crippen LogP contribution in [0.25, 0.3) is 0 Å². The molecule has 0 unspecified atom stereocenters. The summed E-state index contributed by atoms with van der Waals surface area (Å²) >= 11 is 1.49. The molecular weight excluding hydrogens is 288 g/mol. The Morgan fingerprint density at radius 1 is 1.33 bits per heavy atom. The third-order valence-electron chi connectivity index (χ3n) is 2.75. The van der Waals surface area contributed by atoms with Crippen LogP contribution in [0.15, 0.2) is 36.0 Å². The van der Waals surface area contributed by atoms with Gasteiger partial charge in [-0.3, -0.25) is 15.3 Å². The van der Waals surface area contributed by atoms with Gasteiger partial charge in [0.25, 0.3) is 0 Å². The molecule has 0 aliphatic rings. The highest BCUT2D eigenvalue weighted by Crippen LogP contribution is 2.13. The van der Waals surface area contributed by atoms with E-state index in [1.807, 2.05) is 6.26 Å². The molecule has 1 N–H and O–H groups in total. The lowest BCUT2D eigenvalue weighted by Crippen LogP contribution is -2.33. The second-order valence-electron chi connectivity index (χ2n) is 4.24. The second kappa shape index (κ2) is 7.53. The van der Waals surface area contributed by atoms with Gasteiger partial charge in [-0.2, -0.15) is 0 Å². The molecule has 21 heavy (non-hydrogen) atoms. The van der Waals surface area contributed by atoms with Crippen molar-refractivity contribution in [2.45, 2.75) is 11.4 Å². The molecule has 2 aromatic rings. The first-order chi connectivity index (χ1) is 10.2. The number of nitrogens with one attached hydrogen (secondary N) is 1. The van der Waals surface area contributed by atoms with Crippen molar-refractivity contribution in [3.05, 3.63) is 36.7 Å². The predicted octanol–water partition coefficient (Wildman–Crippen LogP) is 1.69. The van der Waals surface area contributed by atoms with Gasteiger partial charge in [0.1, 0.15) is 17.2 Å². The van der Waals surface area contributed by atoms with Crippen molar-refractivity contribution < 1.29 is 4.79 Å². The maximum Gasteiger partial charge on any atom is 0.322 e. The first-order valence-corrected chi connectivity index (χ1v) is 7.54. The molecule has 0 saturated carbocycles. The van der Waals surface area contributed by atoms with E-state index >= 15 is 0 Å². The summed E-state index contributed by atoms with van der Waals surface area (Å²) in [4.78, 5) is 29.9. The molecule has 0 saturated heterocycles. The Hall–Kier alpha value is -2.22. The predicted molar refractivity (Wildman–Crippen MR) is 81.2 cm³/mol. The molecule has 0 aliphatic carbocycles. The van der Waals surface area contributed by atoms with Gasteiger partial charge in [-0.1, -0.05) is 0 Å². The molecule has 2 aromatic heterocycles. The van der Waals surface area contributed by atoms with Crippen LogP contribution in [0.2, 0.25) is 0 Å². The first-order valence-electron chi connectivity index (χ1n) is 6.32. The summed E-state index contributed by atoms with van der Waals surface area (Å²) < 4.78 is 0. The van der Waals surface area contributed by atoms with E-state index in [0.29, 0.717) is 18.8 Å². The van der Waals surface area contributed by atoms with Gasteiger partial charge in [0.05, 0.1) is 5.69 Å². The van der Waals surface area contributed by atoms with E-state index in [2.05, 4.69) is 25.3 Å². The largest absolute Gasteiger partial charge is 0.327 e. The van der Waals surface area contributed by atoms with Crippen LogP contribution in [0.3, 0.4) is 0 Å². The van der Waals surface area contributed by atoms with Crippen LogP contribution < -0.4 is 5.32 Å². The molecule has 0 aromatic carbocycles. The average Bonchev–Trinajstić information content (AvgIpc) is 2.53. The van der Waals surface area contributed by atoms with Gasteiger partial charge in [0.2, 0.25) is 0 Å². The standard InChI is InChI=1S/C13H16N6OS/c1-19(6-3-10-8-14-4-5-15-10)13(20)18-11-7-12(21-2)17-9-16-11/h4-5,7-9H,3,6H2,1-2H3,(H,16,17,18,20). The van der Waals surface area contributed by atoms with E-state index in [9.17, 15) is 4.79 Å². The molecule has 7 nitrogen and oxygen atoms in total. The number of urea groups is 1. The number of aromatic nitrogens is 4. The number of likely N-dealkylation sites (N-methyl/N-ethyl adjacent to an activating group) is 1. The molecule has 2 rings (SSSR count). The minimum Gasteiger partial charge on any atom is -0.327 e. The van der Waals surface area contributed by atoms with E-state index in [-0.39, 0.29) is 6.03 Å². The zero-order valence-electron chi connectivity index (χ0n) is 11.9. The van der Waals surface area contributed by atoms with Crippen LogP contribution in [0.1, 0.15) is 5.69 Å². The number of anilines is 1. The summed E-state index contributed by atoms with van der Waals surface area (Å²) in [6.45, 7) is 0.547. The highest BCUT2D eigenvalue weighted by molar-refractivity contribution is 7.98. The van der Waals surface area contributed by atoms with Gasteiger partial charge in [-0.25, -0.2) is 14.8 Å². The van der Waals surface area contributed by atoms with Crippen molar-refractivity contribution in [1.29, 1.82) is 0 Å². The molecule has 8 heteroatoms. The van der Waals surface area contributed by atoms with Gasteiger partial charge in [-0.05, 0) is 6.26 Å². The molecule has 2 heterocycles. The quantitative estimate of drug-likeness (QED) is 0.668. The smallest absolute Gasteiger partial charge is 0.322 e. The zero-order chi connectivity index (χ0) is 15.1. The number of hydrogen-bond donors (Lipinski definition) is 1. The molecule has 110 valence electrons. The number of carbonyl (C=O) groups is 1. The molecule has 0 fully saturated rings. The molecule has 0 radical (unpaired) electrons. The van der Waals surface area contributed by atoms with Crippen LogP contribution in [0.5, 0.6) is 0 Å². The monoisotopic (exact) mass is 304 g/mol. The fourth-order valence-corrected chi connectivity index (χ4v) is 1.95. The Balaban J connectivity index is 1.87. The Bertz CT molecular complexity index is 594. The molecule has 0 bridgehead atoms. The first kappa shape index (κ1) is 15.2. The molecular formula is C13H16N6OS. The summed E-state index contributed by atoms with van der Waals surface area (Å²) in [5, 5.41) is 3.55. The third-order valence-corrected chi connectivity index (χ3v) is 3.39. The topological polar surface area (TPSA) is 83.9 Å². The van der Waals surface area contributed by atoms with E-state index in [1.165, 1.54) is 18.1 Å². The Kier molecular flexibility index (Phi) is 5.44. The summed E-state index contributed by atoms with van der Waals surface area (Å²) in [5.41, 5.74) is 0.851. The lowest BCUT2D eigenvalue weighted by Gasteiger charge is -2.17. The Morgan fingerprint density at radius 3 is 2.90 bits per heavy atom. The Labute approximate surface area is 127 Å². The van der Waals surface area contributed by atoms with Crippen molar-refractivity contribution in [3.63, 3.8) is 0 Å². The minimum atomic E-state index is -0.218. The van der Waals surface area contributed by atoms with Gasteiger partial charge in [0, 0.05) is 44.7 Å². The minimum absolute atomic E-state index is 0.218. The maximum atomic E-state index is 12.0. The fraction of sp³-hybridized carbons (Fsp3) is 0.308. The van der Waals surface area contributed by atoms with E-state index < -0.39 is 0 Å². The third kappa shape index (κ3) is 4.67. The maximum absolute atomic E-state index is 12.0. The number of rotatable bonds is 5. The normalized spacial score (nSPS) is 10.2. The van der Waals surface area contributed by atoms with Crippen LogP contribution >= 0.6 is 11.8 Å². The highest BCUT2D eigenvalue weighted by atomic mass is 32.2. The van der Waals surface area contributed by atoms with Crippen molar-refractivity contribution in [3.8, 4) is 0 Å².